The third-order valence-corrected chi connectivity index (χ3v) is 3.76. The molecule has 5 nitrogen and oxygen atoms in total. The molecule has 1 saturated heterocycles. The van der Waals surface area contributed by atoms with Gasteiger partial charge in [0.1, 0.15) is 6.61 Å². The number of aliphatic hydroxyl groups excluding tert-OH is 1. The van der Waals surface area contributed by atoms with Crippen molar-refractivity contribution in [3.8, 4) is 11.8 Å². The minimum absolute atomic E-state index is 0.126. The van der Waals surface area contributed by atoms with Gasteiger partial charge in [0.15, 0.2) is 0 Å². The Morgan fingerprint density at radius 3 is 3.00 bits per heavy atom. The van der Waals surface area contributed by atoms with Crippen molar-refractivity contribution in [2.45, 2.75) is 12.8 Å². The highest BCUT2D eigenvalue weighted by Crippen LogP contribution is 2.15. The number of likely N-dealkylation sites (tertiary alicyclic amines) is 1. The number of pyridine rings is 1. The predicted molar refractivity (Wildman–Crippen MR) is 80.8 cm³/mol. The van der Waals surface area contributed by atoms with E-state index in [0.29, 0.717) is 23.6 Å². The topological polar surface area (TPSA) is 65.5 Å². The van der Waals surface area contributed by atoms with E-state index in [1.54, 1.807) is 18.5 Å². The highest BCUT2D eigenvalue weighted by atomic mass is 16.2. The van der Waals surface area contributed by atoms with Crippen LogP contribution in [0.2, 0.25) is 0 Å². The second-order valence-electron chi connectivity index (χ2n) is 5.34. The lowest BCUT2D eigenvalue weighted by Crippen LogP contribution is -2.37. The second kappa shape index (κ2) is 7.77. The van der Waals surface area contributed by atoms with Gasteiger partial charge in [0.25, 0.3) is 5.91 Å². The fourth-order valence-electron chi connectivity index (χ4n) is 2.43. The Hall–Kier alpha value is -1.90. The molecule has 0 saturated carbocycles. The summed E-state index contributed by atoms with van der Waals surface area (Å²) in [4.78, 5) is 18.5. The zero-order valence-electron chi connectivity index (χ0n) is 12.3. The van der Waals surface area contributed by atoms with Crippen LogP contribution in [0.4, 0.5) is 0 Å². The zero-order chi connectivity index (χ0) is 15.1. The van der Waals surface area contributed by atoms with E-state index in [2.05, 4.69) is 34.1 Å². The molecule has 0 radical (unpaired) electrons. The minimum Gasteiger partial charge on any atom is -0.384 e. The van der Waals surface area contributed by atoms with Gasteiger partial charge in [-0.2, -0.15) is 0 Å². The molecule has 0 unspecified atom stereocenters. The molecule has 0 spiro atoms. The lowest BCUT2D eigenvalue weighted by molar-refractivity contribution is 0.0938. The fourth-order valence-corrected chi connectivity index (χ4v) is 2.43. The van der Waals surface area contributed by atoms with Crippen LogP contribution in [0.25, 0.3) is 0 Å². The normalized spacial score (nSPS) is 16.1. The number of hydrogen-bond donors (Lipinski definition) is 2. The molecule has 1 aliphatic heterocycles. The highest BCUT2D eigenvalue weighted by molar-refractivity contribution is 5.96. The summed E-state index contributed by atoms with van der Waals surface area (Å²) < 4.78 is 0. The molecule has 1 aromatic heterocycles. The SMILES string of the molecule is CN1CCC(CNC(=O)c2ccncc2C#CCO)CC1. The Kier molecular flexibility index (Phi) is 5.73. The van der Waals surface area contributed by atoms with Gasteiger partial charge < -0.3 is 15.3 Å². The smallest absolute Gasteiger partial charge is 0.252 e. The average Bonchev–Trinajstić information content (AvgIpc) is 2.52. The van der Waals surface area contributed by atoms with Gasteiger partial charge in [-0.25, -0.2) is 0 Å². The van der Waals surface area contributed by atoms with Gasteiger partial charge in [-0.3, -0.25) is 9.78 Å². The van der Waals surface area contributed by atoms with Crippen LogP contribution < -0.4 is 5.32 Å². The number of nitrogens with zero attached hydrogens (tertiary/aromatic N) is 2. The minimum atomic E-state index is -0.231. The first-order valence-electron chi connectivity index (χ1n) is 7.21. The van der Waals surface area contributed by atoms with Crippen molar-refractivity contribution < 1.29 is 9.90 Å². The van der Waals surface area contributed by atoms with Crippen LogP contribution in [0.15, 0.2) is 18.5 Å². The predicted octanol–water partition coefficient (Wildman–Crippen LogP) is 0.497. The summed E-state index contributed by atoms with van der Waals surface area (Å²) in [7, 11) is 2.12. The monoisotopic (exact) mass is 287 g/mol. The van der Waals surface area contributed by atoms with E-state index in [1.807, 2.05) is 0 Å². The maximum atomic E-state index is 12.3. The molecule has 2 rings (SSSR count). The molecule has 0 bridgehead atoms. The lowest BCUT2D eigenvalue weighted by Gasteiger charge is -2.28. The quantitative estimate of drug-likeness (QED) is 0.795. The van der Waals surface area contributed by atoms with Crippen molar-refractivity contribution in [2.24, 2.45) is 5.92 Å². The van der Waals surface area contributed by atoms with Gasteiger partial charge in [0, 0.05) is 18.9 Å². The Morgan fingerprint density at radius 1 is 1.52 bits per heavy atom. The van der Waals surface area contributed by atoms with Crippen LogP contribution in [0.1, 0.15) is 28.8 Å². The van der Waals surface area contributed by atoms with Crippen molar-refractivity contribution in [3.63, 3.8) is 0 Å². The Morgan fingerprint density at radius 2 is 2.29 bits per heavy atom. The Labute approximate surface area is 125 Å². The van der Waals surface area contributed by atoms with Gasteiger partial charge in [-0.1, -0.05) is 11.8 Å². The van der Waals surface area contributed by atoms with Crippen molar-refractivity contribution in [2.75, 3.05) is 33.3 Å². The molecule has 0 aromatic carbocycles. The van der Waals surface area contributed by atoms with Crippen molar-refractivity contribution >= 4 is 5.91 Å². The van der Waals surface area contributed by atoms with Crippen LogP contribution in [0.5, 0.6) is 0 Å². The third kappa shape index (κ3) is 4.55. The fraction of sp³-hybridized carbons (Fsp3) is 0.500. The summed E-state index contributed by atoms with van der Waals surface area (Å²) in [6.45, 7) is 2.64. The molecule has 21 heavy (non-hydrogen) atoms. The number of aromatic nitrogens is 1. The van der Waals surface area contributed by atoms with Crippen molar-refractivity contribution in [1.29, 1.82) is 0 Å². The maximum absolute atomic E-state index is 12.3. The van der Waals surface area contributed by atoms with E-state index in [4.69, 9.17) is 5.11 Å². The Bertz CT molecular complexity index is 540. The van der Waals surface area contributed by atoms with Crippen LogP contribution in [0.3, 0.4) is 0 Å². The van der Waals surface area contributed by atoms with Gasteiger partial charge in [-0.05, 0) is 45.0 Å². The number of carbonyl (C=O) groups is 1. The molecule has 5 heteroatoms. The van der Waals surface area contributed by atoms with E-state index in [-0.39, 0.29) is 12.5 Å². The summed E-state index contributed by atoms with van der Waals surface area (Å²) in [6.07, 6.45) is 5.36. The number of nitrogens with one attached hydrogen (secondary N) is 1. The number of rotatable bonds is 3. The second-order valence-corrected chi connectivity index (χ2v) is 5.34. The van der Waals surface area contributed by atoms with Gasteiger partial charge in [0.05, 0.1) is 11.1 Å². The largest absolute Gasteiger partial charge is 0.384 e. The van der Waals surface area contributed by atoms with Crippen molar-refractivity contribution in [1.82, 2.24) is 15.2 Å². The van der Waals surface area contributed by atoms with E-state index in [0.717, 1.165) is 25.9 Å². The number of carbonyl (C=O) groups excluding carboxylic acids is 1. The molecule has 112 valence electrons. The van der Waals surface area contributed by atoms with Crippen LogP contribution in [-0.4, -0.2) is 54.2 Å². The maximum Gasteiger partial charge on any atom is 0.252 e. The third-order valence-electron chi connectivity index (χ3n) is 3.76. The lowest BCUT2D eigenvalue weighted by atomic mass is 9.97. The van der Waals surface area contributed by atoms with Gasteiger partial charge in [0.2, 0.25) is 0 Å². The molecule has 1 amide bonds. The van der Waals surface area contributed by atoms with E-state index >= 15 is 0 Å². The molecule has 2 heterocycles. The number of hydrogen-bond acceptors (Lipinski definition) is 4. The first kappa shape index (κ1) is 15.5. The van der Waals surface area contributed by atoms with E-state index < -0.39 is 0 Å². The zero-order valence-corrected chi connectivity index (χ0v) is 12.3. The van der Waals surface area contributed by atoms with Crippen molar-refractivity contribution in [3.05, 3.63) is 29.6 Å². The molecule has 1 aromatic rings. The Balaban J connectivity index is 1.94. The number of piperidine rings is 1. The molecule has 1 fully saturated rings. The van der Waals surface area contributed by atoms with Crippen LogP contribution >= 0.6 is 0 Å². The molecule has 1 aliphatic rings. The van der Waals surface area contributed by atoms with E-state index in [1.165, 1.54) is 0 Å². The van der Waals surface area contributed by atoms with E-state index in [9.17, 15) is 4.79 Å². The number of amides is 1. The van der Waals surface area contributed by atoms with Crippen LogP contribution in [0, 0.1) is 17.8 Å². The first-order valence-corrected chi connectivity index (χ1v) is 7.21. The molecule has 2 N–H and O–H groups in total. The summed E-state index contributed by atoms with van der Waals surface area (Å²) in [5, 5.41) is 11.7. The van der Waals surface area contributed by atoms with Crippen LogP contribution in [-0.2, 0) is 0 Å². The molecular weight excluding hydrogens is 266 g/mol. The molecular formula is C16H21N3O2. The summed E-state index contributed by atoms with van der Waals surface area (Å²) in [6, 6.07) is 1.66. The summed E-state index contributed by atoms with van der Waals surface area (Å²) >= 11 is 0. The number of aliphatic hydroxyl groups is 1. The molecule has 0 atom stereocenters. The standard InChI is InChI=1S/C16H21N3O2/c1-19-8-5-13(6-9-19)11-18-16(21)15-4-7-17-12-14(15)3-2-10-20/h4,7,12-13,20H,5-6,8-11H2,1H3,(H,18,21). The highest BCUT2D eigenvalue weighted by Gasteiger charge is 2.18. The summed E-state index contributed by atoms with van der Waals surface area (Å²) in [5.41, 5.74) is 1.06. The van der Waals surface area contributed by atoms with Gasteiger partial charge >= 0.3 is 0 Å². The average molecular weight is 287 g/mol. The first-order chi connectivity index (χ1) is 10.2. The summed E-state index contributed by atoms with van der Waals surface area (Å²) in [5.74, 6) is 5.72. The van der Waals surface area contributed by atoms with Gasteiger partial charge in [-0.15, -0.1) is 0 Å². The molecule has 0 aliphatic carbocycles.